The van der Waals surface area contributed by atoms with Gasteiger partial charge in [-0.25, -0.2) is 0 Å². The van der Waals surface area contributed by atoms with Gasteiger partial charge in [0.15, 0.2) is 4.34 Å². The molecule has 7 nitrogen and oxygen atoms in total. The summed E-state index contributed by atoms with van der Waals surface area (Å²) < 4.78 is 11.2. The number of anilines is 1. The van der Waals surface area contributed by atoms with Gasteiger partial charge in [-0.05, 0) is 36.6 Å². The van der Waals surface area contributed by atoms with E-state index in [1.807, 2.05) is 17.5 Å². The number of ether oxygens (including phenoxy) is 2. The number of hydrogen-bond donors (Lipinski definition) is 1. The van der Waals surface area contributed by atoms with E-state index < -0.39 is 0 Å². The second-order valence-corrected chi connectivity index (χ2v) is 8.55. The van der Waals surface area contributed by atoms with Crippen LogP contribution in [0.5, 0.6) is 5.75 Å². The Balaban J connectivity index is 1.54. The molecule has 0 radical (unpaired) electrons. The van der Waals surface area contributed by atoms with Crippen LogP contribution < -0.4 is 10.1 Å². The molecule has 3 aromatic rings. The first-order chi connectivity index (χ1) is 13.6. The van der Waals surface area contributed by atoms with E-state index >= 15 is 0 Å². The number of esters is 1. The average Bonchev–Trinajstić information content (AvgIpc) is 3.37. The Morgan fingerprint density at radius 1 is 1.21 bits per heavy atom. The second kappa shape index (κ2) is 10.2. The van der Waals surface area contributed by atoms with Gasteiger partial charge in [-0.15, -0.1) is 21.5 Å². The van der Waals surface area contributed by atoms with Gasteiger partial charge < -0.3 is 9.47 Å². The summed E-state index contributed by atoms with van der Waals surface area (Å²) in [6, 6.07) is 10.9. The Morgan fingerprint density at radius 3 is 2.89 bits per heavy atom. The fraction of sp³-hybridized carbons (Fsp3) is 0.222. The van der Waals surface area contributed by atoms with E-state index in [0.717, 1.165) is 4.88 Å². The number of nitrogens with one attached hydrogen (secondary N) is 1. The number of thioether (sulfide) groups is 1. The molecule has 0 saturated heterocycles. The number of carbonyl (C=O) groups is 2. The highest BCUT2D eigenvalue weighted by molar-refractivity contribution is 8.01. The summed E-state index contributed by atoms with van der Waals surface area (Å²) >= 11 is 4.04. The molecular formula is C18H17N3O4S3. The highest BCUT2D eigenvalue weighted by Crippen LogP contribution is 2.26. The predicted molar refractivity (Wildman–Crippen MR) is 110 cm³/mol. The lowest BCUT2D eigenvalue weighted by atomic mass is 10.2. The molecule has 0 aliphatic rings. The third-order valence-corrected chi connectivity index (χ3v) is 6.10. The molecule has 0 aliphatic carbocycles. The van der Waals surface area contributed by atoms with Crippen molar-refractivity contribution >= 4 is 51.4 Å². The molecule has 28 heavy (non-hydrogen) atoms. The van der Waals surface area contributed by atoms with Crippen LogP contribution in [-0.4, -0.2) is 34.4 Å². The summed E-state index contributed by atoms with van der Waals surface area (Å²) in [4.78, 5) is 24.9. The van der Waals surface area contributed by atoms with Gasteiger partial charge in [0.05, 0.1) is 12.4 Å². The number of nitrogens with zero attached hydrogens (tertiary/aromatic N) is 2. The van der Waals surface area contributed by atoms with Crippen molar-refractivity contribution in [3.05, 3.63) is 52.2 Å². The van der Waals surface area contributed by atoms with Crippen molar-refractivity contribution in [1.82, 2.24) is 10.2 Å². The third kappa shape index (κ3) is 6.04. The maximum atomic E-state index is 12.5. The van der Waals surface area contributed by atoms with Crippen LogP contribution >= 0.6 is 34.4 Å². The van der Waals surface area contributed by atoms with E-state index in [1.165, 1.54) is 23.1 Å². The number of amides is 1. The van der Waals surface area contributed by atoms with Gasteiger partial charge in [-0.2, -0.15) is 0 Å². The van der Waals surface area contributed by atoms with Crippen molar-refractivity contribution < 1.29 is 19.1 Å². The molecule has 0 aliphatic heterocycles. The van der Waals surface area contributed by atoms with Crippen LogP contribution in [0.1, 0.15) is 22.2 Å². The highest BCUT2D eigenvalue weighted by Gasteiger charge is 2.13. The molecule has 0 spiro atoms. The normalized spacial score (nSPS) is 10.5. The van der Waals surface area contributed by atoms with Crippen LogP contribution in [0.15, 0.2) is 46.1 Å². The second-order valence-electron chi connectivity index (χ2n) is 5.32. The SMILES string of the molecule is CCOC(=O)CSc1nnc(NC(=O)c2cccc(OCc3cccs3)c2)s1. The van der Waals surface area contributed by atoms with E-state index in [-0.39, 0.29) is 17.6 Å². The predicted octanol–water partition coefficient (Wildman–Crippen LogP) is 4.09. The fourth-order valence-electron chi connectivity index (χ4n) is 2.09. The number of thiophene rings is 1. The number of carbonyl (C=O) groups excluding carboxylic acids is 2. The van der Waals surface area contributed by atoms with E-state index in [4.69, 9.17) is 9.47 Å². The molecule has 0 unspecified atom stereocenters. The molecule has 10 heteroatoms. The first-order valence-electron chi connectivity index (χ1n) is 8.32. The Bertz CT molecular complexity index is 928. The smallest absolute Gasteiger partial charge is 0.316 e. The summed E-state index contributed by atoms with van der Waals surface area (Å²) in [5, 5.41) is 13.0. The Morgan fingerprint density at radius 2 is 2.11 bits per heavy atom. The van der Waals surface area contributed by atoms with E-state index in [0.29, 0.717) is 34.0 Å². The van der Waals surface area contributed by atoms with Gasteiger partial charge in [0.1, 0.15) is 12.4 Å². The zero-order valence-corrected chi connectivity index (χ0v) is 17.4. The minimum absolute atomic E-state index is 0.153. The summed E-state index contributed by atoms with van der Waals surface area (Å²) in [5.41, 5.74) is 0.458. The number of benzene rings is 1. The fourth-order valence-corrected chi connectivity index (χ4v) is 4.25. The zero-order valence-electron chi connectivity index (χ0n) is 14.9. The molecule has 0 saturated carbocycles. The van der Waals surface area contributed by atoms with Crippen LogP contribution in [-0.2, 0) is 16.1 Å². The molecular weight excluding hydrogens is 418 g/mol. The van der Waals surface area contributed by atoms with Gasteiger partial charge in [0, 0.05) is 10.4 Å². The molecule has 3 rings (SSSR count). The largest absolute Gasteiger partial charge is 0.488 e. The Kier molecular flexibility index (Phi) is 7.40. The summed E-state index contributed by atoms with van der Waals surface area (Å²) in [7, 11) is 0. The topological polar surface area (TPSA) is 90.4 Å². The van der Waals surface area contributed by atoms with Gasteiger partial charge >= 0.3 is 5.97 Å². The molecule has 2 heterocycles. The van der Waals surface area contributed by atoms with Crippen molar-refractivity contribution in [1.29, 1.82) is 0 Å². The minimum atomic E-state index is -0.312. The number of hydrogen-bond acceptors (Lipinski definition) is 9. The molecule has 1 aromatic carbocycles. The average molecular weight is 436 g/mol. The molecule has 0 bridgehead atoms. The minimum Gasteiger partial charge on any atom is -0.488 e. The summed E-state index contributed by atoms with van der Waals surface area (Å²) in [5.74, 6) is 0.149. The van der Waals surface area contributed by atoms with Gasteiger partial charge in [0.2, 0.25) is 5.13 Å². The molecule has 2 aromatic heterocycles. The highest BCUT2D eigenvalue weighted by atomic mass is 32.2. The van der Waals surface area contributed by atoms with E-state index in [9.17, 15) is 9.59 Å². The van der Waals surface area contributed by atoms with Crippen LogP contribution in [0.2, 0.25) is 0 Å². The maximum Gasteiger partial charge on any atom is 0.316 e. The monoisotopic (exact) mass is 435 g/mol. The lowest BCUT2D eigenvalue weighted by molar-refractivity contribution is -0.139. The van der Waals surface area contributed by atoms with Crippen molar-refractivity contribution in [3.8, 4) is 5.75 Å². The van der Waals surface area contributed by atoms with Crippen molar-refractivity contribution in [2.75, 3.05) is 17.7 Å². The van der Waals surface area contributed by atoms with Crippen LogP contribution in [0.3, 0.4) is 0 Å². The maximum absolute atomic E-state index is 12.5. The number of rotatable bonds is 9. The van der Waals surface area contributed by atoms with E-state index in [2.05, 4.69) is 15.5 Å². The van der Waals surface area contributed by atoms with Gasteiger partial charge in [-0.3, -0.25) is 14.9 Å². The molecule has 0 atom stereocenters. The van der Waals surface area contributed by atoms with Crippen molar-refractivity contribution in [3.63, 3.8) is 0 Å². The quantitative estimate of drug-likeness (QED) is 0.308. The molecule has 1 amide bonds. The Labute approximate surface area is 174 Å². The van der Waals surface area contributed by atoms with E-state index in [1.54, 1.807) is 42.5 Å². The third-order valence-electron chi connectivity index (χ3n) is 3.30. The molecule has 146 valence electrons. The number of aromatic nitrogens is 2. The lowest BCUT2D eigenvalue weighted by Gasteiger charge is -2.07. The zero-order chi connectivity index (χ0) is 19.8. The van der Waals surface area contributed by atoms with Crippen LogP contribution in [0.4, 0.5) is 5.13 Å². The first-order valence-corrected chi connectivity index (χ1v) is 11.0. The first kappa shape index (κ1) is 20.3. The van der Waals surface area contributed by atoms with Crippen molar-refractivity contribution in [2.45, 2.75) is 17.9 Å². The Hall–Kier alpha value is -2.43. The standard InChI is InChI=1S/C18H17N3O4S3/c1-2-24-15(22)11-27-18-21-20-17(28-18)19-16(23)12-5-3-6-13(9-12)25-10-14-7-4-8-26-14/h3-9H,2,10-11H2,1H3,(H,19,20,23). The summed E-state index contributed by atoms with van der Waals surface area (Å²) in [6.07, 6.45) is 0. The summed E-state index contributed by atoms with van der Waals surface area (Å²) in [6.45, 7) is 2.55. The van der Waals surface area contributed by atoms with Gasteiger partial charge in [-0.1, -0.05) is 35.2 Å². The van der Waals surface area contributed by atoms with Crippen LogP contribution in [0.25, 0.3) is 0 Å². The van der Waals surface area contributed by atoms with Crippen LogP contribution in [0, 0.1) is 0 Å². The molecule has 0 fully saturated rings. The molecule has 1 N–H and O–H groups in total. The van der Waals surface area contributed by atoms with Gasteiger partial charge in [0.25, 0.3) is 5.91 Å². The van der Waals surface area contributed by atoms with Crippen molar-refractivity contribution in [2.24, 2.45) is 0 Å². The lowest BCUT2D eigenvalue weighted by Crippen LogP contribution is -2.11.